The first-order chi connectivity index (χ1) is 17.5. The van der Waals surface area contributed by atoms with E-state index in [1.807, 2.05) is 0 Å². The Hall–Kier alpha value is -3.46. The van der Waals surface area contributed by atoms with Gasteiger partial charge in [-0.3, -0.25) is 9.61 Å². The molecule has 1 atom stereocenters. The van der Waals surface area contributed by atoms with Crippen molar-refractivity contribution in [1.82, 2.24) is 33.9 Å². The maximum Gasteiger partial charge on any atom is 0.283 e. The van der Waals surface area contributed by atoms with Crippen LogP contribution >= 0.6 is 0 Å². The number of nitrogens with one attached hydrogen (secondary N) is 1. The number of H-pyrrole nitrogens is 1. The van der Waals surface area contributed by atoms with E-state index in [9.17, 15) is 21.6 Å². The van der Waals surface area contributed by atoms with Crippen molar-refractivity contribution < 1.29 is 27.7 Å². The topological polar surface area (TPSA) is 123 Å². The van der Waals surface area contributed by atoms with E-state index in [4.69, 9.17) is 6.11 Å². The van der Waals surface area contributed by atoms with Gasteiger partial charge in [0.1, 0.15) is 23.7 Å². The van der Waals surface area contributed by atoms with E-state index >= 15 is 0 Å². The minimum Gasteiger partial charge on any atom is -0.479 e. The fourth-order valence-corrected chi connectivity index (χ4v) is 5.08. The zero-order valence-corrected chi connectivity index (χ0v) is 20.1. The van der Waals surface area contributed by atoms with Gasteiger partial charge in [-0.1, -0.05) is 11.3 Å². The van der Waals surface area contributed by atoms with Crippen molar-refractivity contribution in [3.63, 3.8) is 0 Å². The molecule has 5 rings (SSSR count). The minimum absolute atomic E-state index is 0.0173. The van der Waals surface area contributed by atoms with E-state index in [-0.39, 0.29) is 37.2 Å². The molecule has 4 heterocycles. The summed E-state index contributed by atoms with van der Waals surface area (Å²) >= 11 is 0. The lowest BCUT2D eigenvalue weighted by atomic mass is 10.0. The first kappa shape index (κ1) is 23.0. The van der Waals surface area contributed by atoms with Crippen LogP contribution in [0.25, 0.3) is 27.7 Å². The molecule has 0 aliphatic carbocycles. The Morgan fingerprint density at radius 3 is 2.86 bits per heavy atom. The molecule has 0 amide bonds. The molecule has 15 heteroatoms. The van der Waals surface area contributed by atoms with E-state index in [2.05, 4.69) is 25.4 Å². The fraction of sp³-hybridized carbons (Fsp3) is 0.429. The summed E-state index contributed by atoms with van der Waals surface area (Å²) in [7, 11) is -2.41. The Morgan fingerprint density at radius 2 is 2.17 bits per heavy atom. The molecular formula is C21H23F3N8O3S. The largest absolute Gasteiger partial charge is 0.479 e. The van der Waals surface area contributed by atoms with Crippen LogP contribution in [0.4, 0.5) is 13.2 Å². The molecule has 1 aromatic carbocycles. The molecular weight excluding hydrogens is 501 g/mol. The SMILES string of the molecule is [2H]c1cc(-c2ccc3nnn(CCF)c3c2)c2c(OC)nc(=NC3CCN(S(C)(=O)=O)CC3(F)F)[nH]n12. The molecule has 1 unspecified atom stereocenters. The summed E-state index contributed by atoms with van der Waals surface area (Å²) in [5.41, 5.74) is 2.56. The average Bonchev–Trinajstić information content (AvgIpc) is 3.40. The highest BCUT2D eigenvalue weighted by atomic mass is 32.2. The molecule has 1 saturated heterocycles. The third-order valence-corrected chi connectivity index (χ3v) is 7.28. The normalized spacial score (nSPS) is 19.8. The predicted octanol–water partition coefficient (Wildman–Crippen LogP) is 1.62. The van der Waals surface area contributed by atoms with Crippen molar-refractivity contribution in [3.05, 3.63) is 36.1 Å². The summed E-state index contributed by atoms with van der Waals surface area (Å²) in [6.45, 7) is -1.65. The summed E-state index contributed by atoms with van der Waals surface area (Å²) in [6.07, 6.45) is 0.662. The lowest BCUT2D eigenvalue weighted by molar-refractivity contribution is -0.0608. The summed E-state index contributed by atoms with van der Waals surface area (Å²) in [4.78, 5) is 8.31. The van der Waals surface area contributed by atoms with Crippen LogP contribution in [0.5, 0.6) is 5.88 Å². The molecule has 0 radical (unpaired) electrons. The first-order valence-electron chi connectivity index (χ1n) is 11.4. The lowest BCUT2D eigenvalue weighted by Gasteiger charge is -2.34. The number of aryl methyl sites for hydroxylation is 1. The highest BCUT2D eigenvalue weighted by molar-refractivity contribution is 7.88. The number of methoxy groups -OCH3 is 1. The molecule has 0 saturated carbocycles. The third kappa shape index (κ3) is 4.32. The maximum atomic E-state index is 14.8. The minimum atomic E-state index is -3.77. The Bertz CT molecular complexity index is 1670. The Kier molecular flexibility index (Phi) is 5.67. The van der Waals surface area contributed by atoms with E-state index < -0.39 is 35.2 Å². The number of aromatic amines is 1. The number of ether oxygens (including phenoxy) is 1. The van der Waals surface area contributed by atoms with Gasteiger partial charge < -0.3 is 4.74 Å². The predicted molar refractivity (Wildman–Crippen MR) is 124 cm³/mol. The molecule has 1 aliphatic heterocycles. The monoisotopic (exact) mass is 525 g/mol. The van der Waals surface area contributed by atoms with Crippen molar-refractivity contribution in [2.75, 3.05) is 33.1 Å². The number of hydrogen-bond acceptors (Lipinski definition) is 7. The zero-order chi connectivity index (χ0) is 26.5. The fourth-order valence-electron chi connectivity index (χ4n) is 4.24. The molecule has 3 aromatic heterocycles. The number of aromatic nitrogens is 6. The van der Waals surface area contributed by atoms with E-state index in [1.54, 1.807) is 24.3 Å². The van der Waals surface area contributed by atoms with Gasteiger partial charge in [0, 0.05) is 18.3 Å². The number of benzene rings is 1. The number of hydrogen-bond donors (Lipinski definition) is 1. The second-order valence-corrected chi connectivity index (χ2v) is 10.4. The Balaban J connectivity index is 1.59. The number of alkyl halides is 3. The van der Waals surface area contributed by atoms with Gasteiger partial charge in [-0.05, 0) is 30.2 Å². The van der Waals surface area contributed by atoms with Gasteiger partial charge >= 0.3 is 0 Å². The van der Waals surface area contributed by atoms with E-state index in [0.29, 0.717) is 27.7 Å². The standard InChI is InChI=1S/C21H23F3N8O3S/c1-35-19-18-14(13-3-4-15-16(11-13)31(10-7-22)29-27-15)5-9-32(18)28-20(26-19)25-17-6-8-30(36(2,33)34)12-21(17,23)24/h3-5,9,11,17H,6-8,10,12H2,1-2H3,(H,25,28)/i9D. The second kappa shape index (κ2) is 8.89. The number of halogens is 3. The Labute approximate surface area is 204 Å². The average molecular weight is 526 g/mol. The molecule has 11 nitrogen and oxygen atoms in total. The highest BCUT2D eigenvalue weighted by Crippen LogP contribution is 2.32. The molecule has 4 aromatic rings. The van der Waals surface area contributed by atoms with Gasteiger partial charge in [0.25, 0.3) is 5.92 Å². The first-order valence-corrected chi connectivity index (χ1v) is 12.8. The molecule has 36 heavy (non-hydrogen) atoms. The lowest BCUT2D eigenvalue weighted by Crippen LogP contribution is -2.53. The van der Waals surface area contributed by atoms with Crippen molar-refractivity contribution in [2.24, 2.45) is 4.99 Å². The molecule has 1 N–H and O–H groups in total. The summed E-state index contributed by atoms with van der Waals surface area (Å²) in [5.74, 6) is -3.38. The third-order valence-electron chi connectivity index (χ3n) is 6.03. The molecule has 192 valence electrons. The zero-order valence-electron chi connectivity index (χ0n) is 20.3. The molecule has 1 fully saturated rings. The quantitative estimate of drug-likeness (QED) is 0.408. The molecule has 0 bridgehead atoms. The van der Waals surface area contributed by atoms with E-state index in [1.165, 1.54) is 16.3 Å². The van der Waals surface area contributed by atoms with Gasteiger partial charge in [-0.2, -0.15) is 9.29 Å². The van der Waals surface area contributed by atoms with Crippen LogP contribution in [-0.2, 0) is 16.6 Å². The summed E-state index contributed by atoms with van der Waals surface area (Å²) in [5, 5.41) is 10.7. The van der Waals surface area contributed by atoms with Crippen molar-refractivity contribution in [1.29, 1.82) is 0 Å². The maximum absolute atomic E-state index is 14.8. The van der Waals surface area contributed by atoms with Crippen LogP contribution < -0.4 is 10.4 Å². The number of fused-ring (bicyclic) bond motifs is 2. The van der Waals surface area contributed by atoms with Crippen LogP contribution in [0.2, 0.25) is 0 Å². The van der Waals surface area contributed by atoms with Crippen molar-refractivity contribution >= 4 is 26.6 Å². The van der Waals surface area contributed by atoms with E-state index in [0.717, 1.165) is 10.6 Å². The Morgan fingerprint density at radius 1 is 1.36 bits per heavy atom. The summed E-state index contributed by atoms with van der Waals surface area (Å²) < 4.78 is 83.2. The molecule has 0 spiro atoms. The highest BCUT2D eigenvalue weighted by Gasteiger charge is 2.47. The molecule has 1 aliphatic rings. The van der Waals surface area contributed by atoms with Crippen LogP contribution in [0.15, 0.2) is 35.4 Å². The summed E-state index contributed by atoms with van der Waals surface area (Å²) in [6, 6.07) is 5.26. The van der Waals surface area contributed by atoms with Crippen LogP contribution in [0.3, 0.4) is 0 Å². The van der Waals surface area contributed by atoms with Gasteiger partial charge in [-0.15, -0.1) is 5.10 Å². The number of piperidine rings is 1. The second-order valence-electron chi connectivity index (χ2n) is 8.42. The van der Waals surface area contributed by atoms with Gasteiger partial charge in [0.2, 0.25) is 21.5 Å². The van der Waals surface area contributed by atoms with Crippen LogP contribution in [0, 0.1) is 0 Å². The number of nitrogens with zero attached hydrogens (tertiary/aromatic N) is 7. The smallest absolute Gasteiger partial charge is 0.283 e. The van der Waals surface area contributed by atoms with Gasteiger partial charge in [0.15, 0.2) is 0 Å². The van der Waals surface area contributed by atoms with Crippen LogP contribution in [-0.4, -0.2) is 87.4 Å². The van der Waals surface area contributed by atoms with Gasteiger partial charge in [-0.25, -0.2) is 31.3 Å². The van der Waals surface area contributed by atoms with Crippen LogP contribution in [0.1, 0.15) is 7.79 Å². The van der Waals surface area contributed by atoms with Crippen molar-refractivity contribution in [2.45, 2.75) is 24.9 Å². The number of rotatable bonds is 6. The van der Waals surface area contributed by atoms with Gasteiger partial charge in [0.05, 0.1) is 33.3 Å². The number of sulfonamides is 1. The van der Waals surface area contributed by atoms with Crippen molar-refractivity contribution in [3.8, 4) is 17.0 Å².